The molecule has 0 atom stereocenters. The summed E-state index contributed by atoms with van der Waals surface area (Å²) in [6, 6.07) is 6.22. The van der Waals surface area contributed by atoms with Crippen molar-refractivity contribution < 1.29 is 5.11 Å². The molecule has 0 fully saturated rings. The molecule has 0 bridgehead atoms. The average molecular weight is 262 g/mol. The maximum Gasteiger partial charge on any atom is 0.143 e. The lowest BCUT2D eigenvalue weighted by Gasteiger charge is -2.03. The number of phenols is 1. The van der Waals surface area contributed by atoms with Gasteiger partial charge in [-0.15, -0.1) is 11.3 Å². The Morgan fingerprint density at radius 2 is 1.78 bits per heavy atom. The molecule has 18 heavy (non-hydrogen) atoms. The van der Waals surface area contributed by atoms with Gasteiger partial charge >= 0.3 is 0 Å². The van der Waals surface area contributed by atoms with Gasteiger partial charge in [-0.3, -0.25) is 10.8 Å². The summed E-state index contributed by atoms with van der Waals surface area (Å²) in [5.74, 6) is 0.150. The van der Waals surface area contributed by atoms with Crippen molar-refractivity contribution in [2.45, 2.75) is 0 Å². The molecule has 6 heteroatoms. The maximum absolute atomic E-state index is 9.13. The molecule has 5 nitrogen and oxygen atoms in total. The molecule has 0 saturated heterocycles. The SMILES string of the molecule is CN.N=C(C(=N)c1nccs1)c1ccc(O)cc1. The molecule has 0 unspecified atom stereocenters. The Morgan fingerprint density at radius 3 is 2.28 bits per heavy atom. The molecule has 1 heterocycles. The van der Waals surface area contributed by atoms with E-state index in [0.717, 1.165) is 0 Å². The third kappa shape index (κ3) is 3.22. The largest absolute Gasteiger partial charge is 0.508 e. The maximum atomic E-state index is 9.13. The van der Waals surface area contributed by atoms with E-state index in [1.54, 1.807) is 23.7 Å². The van der Waals surface area contributed by atoms with Crippen LogP contribution in [0.1, 0.15) is 10.6 Å². The number of benzene rings is 1. The lowest BCUT2D eigenvalue weighted by molar-refractivity contribution is 0.475. The van der Waals surface area contributed by atoms with Crippen molar-refractivity contribution in [3.8, 4) is 5.75 Å². The molecule has 2 aromatic rings. The summed E-state index contributed by atoms with van der Waals surface area (Å²) in [6.07, 6.45) is 1.61. The Balaban J connectivity index is 0.000000771. The van der Waals surface area contributed by atoms with Crippen molar-refractivity contribution in [1.29, 1.82) is 10.8 Å². The van der Waals surface area contributed by atoms with Crippen LogP contribution in [0.2, 0.25) is 0 Å². The van der Waals surface area contributed by atoms with Crippen LogP contribution in [0.4, 0.5) is 0 Å². The lowest BCUT2D eigenvalue weighted by atomic mass is 10.1. The van der Waals surface area contributed by atoms with Crippen LogP contribution in [0.15, 0.2) is 35.8 Å². The van der Waals surface area contributed by atoms with Crippen LogP contribution < -0.4 is 5.73 Å². The highest BCUT2D eigenvalue weighted by Gasteiger charge is 2.12. The van der Waals surface area contributed by atoms with E-state index >= 15 is 0 Å². The third-order valence-corrected chi connectivity index (χ3v) is 2.84. The molecule has 0 amide bonds. The first kappa shape index (κ1) is 14.0. The number of phenolic OH excluding ortho intramolecular Hbond substituents is 1. The zero-order valence-electron chi connectivity index (χ0n) is 9.84. The molecule has 2 rings (SSSR count). The molecular weight excluding hydrogens is 248 g/mol. The van der Waals surface area contributed by atoms with E-state index < -0.39 is 0 Å². The first-order chi connectivity index (χ1) is 8.68. The van der Waals surface area contributed by atoms with Crippen molar-refractivity contribution >= 4 is 22.8 Å². The summed E-state index contributed by atoms with van der Waals surface area (Å²) in [4.78, 5) is 3.98. The summed E-state index contributed by atoms with van der Waals surface area (Å²) < 4.78 is 0. The summed E-state index contributed by atoms with van der Waals surface area (Å²) in [5, 5.41) is 27.1. The van der Waals surface area contributed by atoms with E-state index in [2.05, 4.69) is 10.7 Å². The van der Waals surface area contributed by atoms with E-state index in [4.69, 9.17) is 15.9 Å². The van der Waals surface area contributed by atoms with Crippen LogP contribution in [-0.2, 0) is 0 Å². The molecule has 1 aromatic carbocycles. The van der Waals surface area contributed by atoms with Crippen molar-refractivity contribution in [1.82, 2.24) is 4.98 Å². The van der Waals surface area contributed by atoms with Crippen molar-refractivity contribution in [2.75, 3.05) is 7.05 Å². The van der Waals surface area contributed by atoms with Crippen molar-refractivity contribution in [3.63, 3.8) is 0 Å². The Morgan fingerprint density at radius 1 is 1.17 bits per heavy atom. The molecule has 0 spiro atoms. The number of hydrogen-bond acceptors (Lipinski definition) is 6. The van der Waals surface area contributed by atoms with Gasteiger partial charge in [-0.05, 0) is 31.3 Å². The molecule has 94 valence electrons. The minimum Gasteiger partial charge on any atom is -0.508 e. The molecule has 0 aliphatic carbocycles. The summed E-state index contributed by atoms with van der Waals surface area (Å²) in [6.45, 7) is 0. The van der Waals surface area contributed by atoms with Crippen LogP contribution in [0.5, 0.6) is 5.75 Å². The Bertz CT molecular complexity index is 520. The molecular formula is C12H14N4OS. The fraction of sp³-hybridized carbons (Fsp3) is 0.0833. The predicted molar refractivity (Wildman–Crippen MR) is 74.0 cm³/mol. The number of hydrogen-bond donors (Lipinski definition) is 4. The topological polar surface area (TPSA) is 107 Å². The molecule has 5 N–H and O–H groups in total. The van der Waals surface area contributed by atoms with E-state index in [1.165, 1.54) is 30.5 Å². The molecule has 0 radical (unpaired) electrons. The van der Waals surface area contributed by atoms with Gasteiger partial charge in [-0.1, -0.05) is 0 Å². The number of aromatic nitrogens is 1. The Kier molecular flexibility index (Phi) is 5.16. The second-order valence-corrected chi connectivity index (χ2v) is 4.03. The van der Waals surface area contributed by atoms with Gasteiger partial charge in [-0.25, -0.2) is 4.98 Å². The van der Waals surface area contributed by atoms with Crippen LogP contribution in [-0.4, -0.2) is 28.6 Å². The van der Waals surface area contributed by atoms with Gasteiger partial charge in [0.25, 0.3) is 0 Å². The summed E-state index contributed by atoms with van der Waals surface area (Å²) in [5.41, 5.74) is 5.30. The smallest absolute Gasteiger partial charge is 0.143 e. The normalized spacial score (nSPS) is 9.22. The first-order valence-electron chi connectivity index (χ1n) is 5.13. The monoisotopic (exact) mass is 262 g/mol. The van der Waals surface area contributed by atoms with Crippen molar-refractivity contribution in [2.24, 2.45) is 5.73 Å². The number of thiazole rings is 1. The highest BCUT2D eigenvalue weighted by Crippen LogP contribution is 2.13. The fourth-order valence-electron chi connectivity index (χ4n) is 1.23. The second-order valence-electron chi connectivity index (χ2n) is 3.13. The second kappa shape index (κ2) is 6.63. The molecule has 0 aliphatic heterocycles. The van der Waals surface area contributed by atoms with Crippen LogP contribution >= 0.6 is 11.3 Å². The zero-order chi connectivity index (χ0) is 13.5. The number of nitrogens with zero attached hydrogens (tertiary/aromatic N) is 1. The molecule has 0 saturated carbocycles. The van der Waals surface area contributed by atoms with Crippen molar-refractivity contribution in [3.05, 3.63) is 46.4 Å². The minimum absolute atomic E-state index is 0.0979. The van der Waals surface area contributed by atoms with E-state index in [-0.39, 0.29) is 17.2 Å². The number of aromatic hydroxyl groups is 1. The van der Waals surface area contributed by atoms with Gasteiger partial charge in [0.05, 0.1) is 5.71 Å². The first-order valence-corrected chi connectivity index (χ1v) is 6.01. The lowest BCUT2D eigenvalue weighted by Crippen LogP contribution is -2.14. The number of nitrogens with one attached hydrogen (secondary N) is 2. The van der Waals surface area contributed by atoms with Gasteiger partial charge in [0.15, 0.2) is 0 Å². The number of nitrogens with two attached hydrogens (primary N) is 1. The highest BCUT2D eigenvalue weighted by atomic mass is 32.1. The fourth-order valence-corrected chi connectivity index (χ4v) is 1.82. The van der Waals surface area contributed by atoms with Gasteiger partial charge in [0, 0.05) is 17.1 Å². The Labute approximate surface area is 109 Å². The minimum atomic E-state index is 0.0979. The van der Waals surface area contributed by atoms with Crippen LogP contribution in [0.25, 0.3) is 0 Å². The van der Waals surface area contributed by atoms with Crippen LogP contribution in [0.3, 0.4) is 0 Å². The van der Waals surface area contributed by atoms with Gasteiger partial charge in [-0.2, -0.15) is 0 Å². The van der Waals surface area contributed by atoms with E-state index in [0.29, 0.717) is 10.6 Å². The van der Waals surface area contributed by atoms with Gasteiger partial charge in [0.1, 0.15) is 16.5 Å². The van der Waals surface area contributed by atoms with Crippen LogP contribution in [0, 0.1) is 10.8 Å². The van der Waals surface area contributed by atoms with Gasteiger partial charge in [0.2, 0.25) is 0 Å². The zero-order valence-corrected chi connectivity index (χ0v) is 10.7. The highest BCUT2D eigenvalue weighted by molar-refractivity contribution is 7.12. The number of rotatable bonds is 3. The van der Waals surface area contributed by atoms with E-state index in [1.807, 2.05) is 0 Å². The quantitative estimate of drug-likeness (QED) is 0.634. The van der Waals surface area contributed by atoms with Gasteiger partial charge < -0.3 is 10.8 Å². The average Bonchev–Trinajstić information content (AvgIpc) is 2.94. The summed E-state index contributed by atoms with van der Waals surface area (Å²) >= 11 is 1.33. The standard InChI is InChI=1S/C11H9N3OS.CH5N/c12-9(7-1-3-8(15)4-2-7)10(13)11-14-5-6-16-11;1-2/h1-6,12-13,15H;2H2,1H3. The predicted octanol–water partition coefficient (Wildman–Crippen LogP) is 1.86. The Hall–Kier alpha value is -2.05. The molecule has 1 aromatic heterocycles. The summed E-state index contributed by atoms with van der Waals surface area (Å²) in [7, 11) is 1.50. The third-order valence-electron chi connectivity index (χ3n) is 2.05. The van der Waals surface area contributed by atoms with E-state index in [9.17, 15) is 0 Å². The molecule has 0 aliphatic rings.